The second-order valence-corrected chi connectivity index (χ2v) is 3.63. The molecule has 0 saturated carbocycles. The standard InChI is InChI=1S/C12H20N2O4/c1-5-17-11(15)7-9(3)13-14-10(4)8-12(16)18-6-2/h5-8H2,1-4H3/b13-9+,14-10+. The van der Waals surface area contributed by atoms with Gasteiger partial charge in [0.15, 0.2) is 0 Å². The average Bonchev–Trinajstić information content (AvgIpc) is 2.27. The van der Waals surface area contributed by atoms with Gasteiger partial charge in [-0.05, 0) is 27.7 Å². The minimum absolute atomic E-state index is 0.101. The van der Waals surface area contributed by atoms with E-state index in [1.807, 2.05) is 0 Å². The normalized spacial score (nSPS) is 12.2. The summed E-state index contributed by atoms with van der Waals surface area (Å²) in [5.41, 5.74) is 1.08. The number of hydrogen-bond acceptors (Lipinski definition) is 6. The van der Waals surface area contributed by atoms with Crippen molar-refractivity contribution in [1.82, 2.24) is 0 Å². The number of rotatable bonds is 7. The van der Waals surface area contributed by atoms with Gasteiger partial charge >= 0.3 is 11.9 Å². The van der Waals surface area contributed by atoms with Crippen molar-refractivity contribution in [2.45, 2.75) is 40.5 Å². The summed E-state index contributed by atoms with van der Waals surface area (Å²) in [6.45, 7) is 7.53. The molecule has 0 bridgehead atoms. The first kappa shape index (κ1) is 16.3. The van der Waals surface area contributed by atoms with E-state index >= 15 is 0 Å². The summed E-state index contributed by atoms with van der Waals surface area (Å²) < 4.78 is 9.55. The highest BCUT2D eigenvalue weighted by Gasteiger charge is 2.05. The lowest BCUT2D eigenvalue weighted by Gasteiger charge is -2.01. The molecule has 0 unspecified atom stereocenters. The number of esters is 2. The zero-order chi connectivity index (χ0) is 14.0. The summed E-state index contributed by atoms with van der Waals surface area (Å²) in [5.74, 6) is -0.672. The van der Waals surface area contributed by atoms with Crippen LogP contribution in [-0.4, -0.2) is 36.6 Å². The van der Waals surface area contributed by atoms with Gasteiger partial charge in [0.05, 0.1) is 26.1 Å². The van der Waals surface area contributed by atoms with E-state index in [0.717, 1.165) is 0 Å². The van der Waals surface area contributed by atoms with Gasteiger partial charge in [0.25, 0.3) is 0 Å². The number of ether oxygens (including phenoxy) is 2. The van der Waals surface area contributed by atoms with E-state index in [-0.39, 0.29) is 24.8 Å². The third-order valence-electron chi connectivity index (χ3n) is 1.80. The highest BCUT2D eigenvalue weighted by atomic mass is 16.5. The molecule has 0 fully saturated rings. The van der Waals surface area contributed by atoms with Gasteiger partial charge in [0.2, 0.25) is 0 Å². The molecule has 0 aliphatic carbocycles. The Morgan fingerprint density at radius 2 is 1.17 bits per heavy atom. The number of carbonyl (C=O) groups excluding carboxylic acids is 2. The van der Waals surface area contributed by atoms with Crippen molar-refractivity contribution in [3.05, 3.63) is 0 Å². The second kappa shape index (κ2) is 9.32. The maximum atomic E-state index is 11.1. The molecule has 0 aliphatic rings. The van der Waals surface area contributed by atoms with Gasteiger partial charge in [0.1, 0.15) is 0 Å². The fourth-order valence-corrected chi connectivity index (χ4v) is 1.08. The molecule has 0 heterocycles. The molecule has 102 valence electrons. The van der Waals surface area contributed by atoms with Gasteiger partial charge in [-0.1, -0.05) is 0 Å². The van der Waals surface area contributed by atoms with E-state index in [4.69, 9.17) is 9.47 Å². The average molecular weight is 256 g/mol. The summed E-state index contributed by atoms with van der Waals surface area (Å²) in [6, 6.07) is 0. The molecule has 0 aliphatic heterocycles. The summed E-state index contributed by atoms with van der Waals surface area (Å²) in [7, 11) is 0. The molecule has 0 aromatic carbocycles. The number of carbonyl (C=O) groups is 2. The number of nitrogens with zero attached hydrogens (tertiary/aromatic N) is 2. The fraction of sp³-hybridized carbons (Fsp3) is 0.667. The largest absolute Gasteiger partial charge is 0.466 e. The van der Waals surface area contributed by atoms with Gasteiger partial charge in [-0.25, -0.2) is 0 Å². The highest BCUT2D eigenvalue weighted by molar-refractivity contribution is 5.99. The fourth-order valence-electron chi connectivity index (χ4n) is 1.08. The molecule has 0 amide bonds. The maximum absolute atomic E-state index is 11.1. The SMILES string of the molecule is CCOC(=O)C/C(C)=N/N=C(\C)CC(=O)OCC. The smallest absolute Gasteiger partial charge is 0.311 e. The van der Waals surface area contributed by atoms with Crippen molar-refractivity contribution < 1.29 is 19.1 Å². The minimum atomic E-state index is -0.336. The Hall–Kier alpha value is -1.72. The van der Waals surface area contributed by atoms with Crippen molar-refractivity contribution in [2.75, 3.05) is 13.2 Å². The summed E-state index contributed by atoms with van der Waals surface area (Å²) in [5, 5.41) is 7.71. The van der Waals surface area contributed by atoms with E-state index < -0.39 is 0 Å². The van der Waals surface area contributed by atoms with Crippen LogP contribution >= 0.6 is 0 Å². The van der Waals surface area contributed by atoms with Gasteiger partial charge in [0, 0.05) is 11.4 Å². The molecule has 0 radical (unpaired) electrons. The first-order chi connectivity index (χ1) is 8.49. The topological polar surface area (TPSA) is 77.3 Å². The van der Waals surface area contributed by atoms with Crippen LogP contribution in [0.1, 0.15) is 40.5 Å². The van der Waals surface area contributed by atoms with Crippen LogP contribution in [0.3, 0.4) is 0 Å². The lowest BCUT2D eigenvalue weighted by Crippen LogP contribution is -2.10. The molecule has 0 saturated heterocycles. The third-order valence-corrected chi connectivity index (χ3v) is 1.80. The monoisotopic (exact) mass is 256 g/mol. The Bertz CT molecular complexity index is 314. The van der Waals surface area contributed by atoms with Crippen LogP contribution in [0.5, 0.6) is 0 Å². The van der Waals surface area contributed by atoms with Crippen LogP contribution in [0.15, 0.2) is 10.2 Å². The van der Waals surface area contributed by atoms with Crippen LogP contribution in [0.4, 0.5) is 0 Å². The van der Waals surface area contributed by atoms with Crippen LogP contribution in [-0.2, 0) is 19.1 Å². The Morgan fingerprint density at radius 3 is 1.44 bits per heavy atom. The van der Waals surface area contributed by atoms with Crippen LogP contribution in [0.25, 0.3) is 0 Å². The highest BCUT2D eigenvalue weighted by Crippen LogP contribution is 1.95. The molecule has 0 rings (SSSR count). The van der Waals surface area contributed by atoms with Crippen molar-refractivity contribution in [3.63, 3.8) is 0 Å². The molecule has 0 aromatic rings. The van der Waals surface area contributed by atoms with E-state index in [9.17, 15) is 9.59 Å². The van der Waals surface area contributed by atoms with E-state index in [2.05, 4.69) is 10.2 Å². The van der Waals surface area contributed by atoms with Crippen LogP contribution in [0.2, 0.25) is 0 Å². The second-order valence-electron chi connectivity index (χ2n) is 3.63. The van der Waals surface area contributed by atoms with Gasteiger partial charge in [-0.3, -0.25) is 9.59 Å². The predicted molar refractivity (Wildman–Crippen MR) is 68.7 cm³/mol. The van der Waals surface area contributed by atoms with E-state index in [0.29, 0.717) is 24.6 Å². The minimum Gasteiger partial charge on any atom is -0.466 e. The van der Waals surface area contributed by atoms with E-state index in [1.165, 1.54) is 0 Å². The van der Waals surface area contributed by atoms with Crippen LogP contribution in [0, 0.1) is 0 Å². The Kier molecular flexibility index (Phi) is 8.43. The molecule has 0 N–H and O–H groups in total. The molecular formula is C12H20N2O4. The first-order valence-corrected chi connectivity index (χ1v) is 5.87. The van der Waals surface area contributed by atoms with Crippen molar-refractivity contribution in [3.8, 4) is 0 Å². The Morgan fingerprint density at radius 1 is 0.833 bits per heavy atom. The molecule has 6 heteroatoms. The Labute approximate surface area is 107 Å². The Balaban J connectivity index is 4.23. The lowest BCUT2D eigenvalue weighted by molar-refractivity contribution is -0.142. The van der Waals surface area contributed by atoms with Gasteiger partial charge < -0.3 is 9.47 Å². The molecule has 0 atom stereocenters. The first-order valence-electron chi connectivity index (χ1n) is 5.87. The van der Waals surface area contributed by atoms with Gasteiger partial charge in [-0.15, -0.1) is 0 Å². The number of hydrogen-bond donors (Lipinski definition) is 0. The van der Waals surface area contributed by atoms with Crippen molar-refractivity contribution in [2.24, 2.45) is 10.2 Å². The molecule has 0 spiro atoms. The summed E-state index contributed by atoms with van der Waals surface area (Å²) in [6.07, 6.45) is 0.202. The zero-order valence-electron chi connectivity index (χ0n) is 11.4. The van der Waals surface area contributed by atoms with Crippen molar-refractivity contribution in [1.29, 1.82) is 0 Å². The zero-order valence-corrected chi connectivity index (χ0v) is 11.4. The maximum Gasteiger partial charge on any atom is 0.311 e. The molecule has 18 heavy (non-hydrogen) atoms. The van der Waals surface area contributed by atoms with Crippen LogP contribution < -0.4 is 0 Å². The predicted octanol–water partition coefficient (Wildman–Crippen LogP) is 1.73. The third kappa shape index (κ3) is 8.43. The summed E-state index contributed by atoms with van der Waals surface area (Å²) >= 11 is 0. The van der Waals surface area contributed by atoms with E-state index in [1.54, 1.807) is 27.7 Å². The molecular weight excluding hydrogens is 236 g/mol. The molecule has 6 nitrogen and oxygen atoms in total. The quantitative estimate of drug-likeness (QED) is 0.395. The summed E-state index contributed by atoms with van der Waals surface area (Å²) in [4.78, 5) is 22.3. The van der Waals surface area contributed by atoms with Crippen molar-refractivity contribution >= 4 is 23.4 Å². The molecule has 0 aromatic heterocycles. The van der Waals surface area contributed by atoms with Gasteiger partial charge in [-0.2, -0.15) is 10.2 Å². The lowest BCUT2D eigenvalue weighted by atomic mass is 10.3.